The van der Waals surface area contributed by atoms with E-state index in [-0.39, 0.29) is 5.56 Å². The van der Waals surface area contributed by atoms with Gasteiger partial charge in [-0.25, -0.2) is 0 Å². The normalized spacial score (nSPS) is 24.2. The van der Waals surface area contributed by atoms with Gasteiger partial charge in [0, 0.05) is 12.4 Å². The first-order valence-corrected chi connectivity index (χ1v) is 6.15. The molecule has 0 saturated heterocycles. The van der Waals surface area contributed by atoms with E-state index in [1.807, 2.05) is 0 Å². The first-order valence-electron chi connectivity index (χ1n) is 6.15. The van der Waals surface area contributed by atoms with Gasteiger partial charge < -0.3 is 5.11 Å². The van der Waals surface area contributed by atoms with Crippen LogP contribution >= 0.6 is 0 Å². The van der Waals surface area contributed by atoms with Gasteiger partial charge in [-0.15, -0.1) is 0 Å². The fraction of sp³-hybridized carbons (Fsp3) is 0.538. The van der Waals surface area contributed by atoms with E-state index in [4.69, 9.17) is 5.11 Å². The monoisotopic (exact) mass is 273 g/mol. The molecule has 1 N–H and O–H groups in total. The van der Waals surface area contributed by atoms with Crippen LogP contribution in [0.25, 0.3) is 0 Å². The third-order valence-corrected chi connectivity index (χ3v) is 3.64. The minimum absolute atomic E-state index is 0.0158. The van der Waals surface area contributed by atoms with E-state index in [2.05, 4.69) is 4.98 Å². The lowest BCUT2D eigenvalue weighted by Crippen LogP contribution is -2.27. The number of hydrogen-bond acceptors (Lipinski definition) is 2. The standard InChI is InChI=1S/C13H14F3NO2/c14-13(15,16)11-5-6-17-7-10(11)8-3-1-2-4-9(8)12(18)19/h5-9H,1-4H2,(H,18,19). The largest absolute Gasteiger partial charge is 0.481 e. The lowest BCUT2D eigenvalue weighted by molar-refractivity contribution is -0.145. The molecule has 1 heterocycles. The summed E-state index contributed by atoms with van der Waals surface area (Å²) in [5, 5.41) is 9.16. The SMILES string of the molecule is O=C(O)C1CCCCC1c1cnccc1C(F)(F)F. The highest BCUT2D eigenvalue weighted by molar-refractivity contribution is 5.71. The van der Waals surface area contributed by atoms with Crippen LogP contribution in [0.15, 0.2) is 18.5 Å². The van der Waals surface area contributed by atoms with E-state index in [9.17, 15) is 18.0 Å². The van der Waals surface area contributed by atoms with Crippen molar-refractivity contribution >= 4 is 5.97 Å². The molecule has 1 saturated carbocycles. The Bertz CT molecular complexity index is 473. The van der Waals surface area contributed by atoms with Crippen molar-refractivity contribution in [2.24, 2.45) is 5.92 Å². The fourth-order valence-electron chi connectivity index (χ4n) is 2.76. The molecule has 1 aliphatic carbocycles. The predicted octanol–water partition coefficient (Wildman–Crippen LogP) is 3.46. The molecule has 1 aliphatic rings. The van der Waals surface area contributed by atoms with Crippen LogP contribution in [0.2, 0.25) is 0 Å². The van der Waals surface area contributed by atoms with Crippen molar-refractivity contribution in [2.75, 3.05) is 0 Å². The van der Waals surface area contributed by atoms with E-state index in [0.29, 0.717) is 12.8 Å². The lowest BCUT2D eigenvalue weighted by Gasteiger charge is -2.30. The Hall–Kier alpha value is -1.59. The number of carboxylic acid groups (broad SMARTS) is 1. The van der Waals surface area contributed by atoms with E-state index in [1.54, 1.807) is 0 Å². The van der Waals surface area contributed by atoms with Gasteiger partial charge >= 0.3 is 12.1 Å². The van der Waals surface area contributed by atoms with E-state index in [1.165, 1.54) is 0 Å². The summed E-state index contributed by atoms with van der Waals surface area (Å²) in [7, 11) is 0. The number of nitrogens with zero attached hydrogens (tertiary/aromatic N) is 1. The summed E-state index contributed by atoms with van der Waals surface area (Å²) in [6, 6.07) is 0.919. The van der Waals surface area contributed by atoms with Gasteiger partial charge in [-0.1, -0.05) is 12.8 Å². The summed E-state index contributed by atoms with van der Waals surface area (Å²) in [6.45, 7) is 0. The molecule has 2 unspecified atom stereocenters. The highest BCUT2D eigenvalue weighted by Crippen LogP contribution is 2.43. The third-order valence-electron chi connectivity index (χ3n) is 3.64. The minimum atomic E-state index is -4.47. The van der Waals surface area contributed by atoms with E-state index >= 15 is 0 Å². The second-order valence-corrected chi connectivity index (χ2v) is 4.80. The molecule has 1 fully saturated rings. The number of alkyl halides is 3. The molecule has 2 atom stereocenters. The summed E-state index contributed by atoms with van der Waals surface area (Å²) in [6.07, 6.45) is 0.159. The fourth-order valence-corrected chi connectivity index (χ4v) is 2.76. The maximum Gasteiger partial charge on any atom is 0.416 e. The molecular weight excluding hydrogens is 259 g/mol. The Morgan fingerprint density at radius 2 is 2.00 bits per heavy atom. The lowest BCUT2D eigenvalue weighted by atomic mass is 9.74. The van der Waals surface area contributed by atoms with Gasteiger partial charge in [-0.2, -0.15) is 13.2 Å². The smallest absolute Gasteiger partial charge is 0.416 e. The van der Waals surface area contributed by atoms with Crippen molar-refractivity contribution in [1.29, 1.82) is 0 Å². The highest BCUT2D eigenvalue weighted by Gasteiger charge is 2.39. The van der Waals surface area contributed by atoms with Crippen molar-refractivity contribution in [1.82, 2.24) is 4.98 Å². The third kappa shape index (κ3) is 2.88. The summed E-state index contributed by atoms with van der Waals surface area (Å²) in [5.74, 6) is -2.38. The zero-order chi connectivity index (χ0) is 14.0. The number of aliphatic carboxylic acids is 1. The molecule has 0 bridgehead atoms. The Balaban J connectivity index is 2.42. The topological polar surface area (TPSA) is 50.2 Å². The molecule has 1 aromatic rings. The molecular formula is C13H14F3NO2. The molecule has 2 rings (SSSR count). The number of carbonyl (C=O) groups is 1. The van der Waals surface area contributed by atoms with Gasteiger partial charge in [0.05, 0.1) is 11.5 Å². The summed E-state index contributed by atoms with van der Waals surface area (Å²) in [5.41, 5.74) is -0.747. The van der Waals surface area contributed by atoms with Crippen LogP contribution in [0.4, 0.5) is 13.2 Å². The molecule has 0 radical (unpaired) electrons. The van der Waals surface area contributed by atoms with Crippen LogP contribution in [0.1, 0.15) is 42.7 Å². The van der Waals surface area contributed by atoms with Crippen molar-refractivity contribution < 1.29 is 23.1 Å². The van der Waals surface area contributed by atoms with Gasteiger partial charge in [-0.05, 0) is 30.4 Å². The Morgan fingerprint density at radius 1 is 1.32 bits per heavy atom. The summed E-state index contributed by atoms with van der Waals surface area (Å²) < 4.78 is 38.9. The molecule has 6 heteroatoms. The Labute approximate surface area is 108 Å². The second kappa shape index (κ2) is 5.19. The van der Waals surface area contributed by atoms with Crippen molar-refractivity contribution in [3.8, 4) is 0 Å². The van der Waals surface area contributed by atoms with Gasteiger partial charge in [0.25, 0.3) is 0 Å². The maximum atomic E-state index is 13.0. The highest BCUT2D eigenvalue weighted by atomic mass is 19.4. The molecule has 0 spiro atoms. The average Bonchev–Trinajstić information content (AvgIpc) is 2.37. The van der Waals surface area contributed by atoms with Crippen LogP contribution < -0.4 is 0 Å². The predicted molar refractivity (Wildman–Crippen MR) is 61.6 cm³/mol. The molecule has 0 aliphatic heterocycles. The van der Waals surface area contributed by atoms with Crippen molar-refractivity contribution in [3.05, 3.63) is 29.6 Å². The average molecular weight is 273 g/mol. The Kier molecular flexibility index (Phi) is 3.78. The second-order valence-electron chi connectivity index (χ2n) is 4.80. The van der Waals surface area contributed by atoms with E-state index in [0.717, 1.165) is 31.3 Å². The van der Waals surface area contributed by atoms with Crippen molar-refractivity contribution in [2.45, 2.75) is 37.8 Å². The number of hydrogen-bond donors (Lipinski definition) is 1. The summed E-state index contributed by atoms with van der Waals surface area (Å²) >= 11 is 0. The number of pyridine rings is 1. The van der Waals surface area contributed by atoms with Crippen LogP contribution in [0, 0.1) is 5.92 Å². The Morgan fingerprint density at radius 3 is 2.63 bits per heavy atom. The number of aromatic nitrogens is 1. The maximum absolute atomic E-state index is 13.0. The van der Waals surface area contributed by atoms with Crippen molar-refractivity contribution in [3.63, 3.8) is 0 Å². The summed E-state index contributed by atoms with van der Waals surface area (Å²) in [4.78, 5) is 14.9. The van der Waals surface area contributed by atoms with E-state index < -0.39 is 29.5 Å². The molecule has 3 nitrogen and oxygen atoms in total. The number of carboxylic acids is 1. The van der Waals surface area contributed by atoms with Gasteiger partial charge in [-0.3, -0.25) is 9.78 Å². The van der Waals surface area contributed by atoms with Crippen LogP contribution in [-0.4, -0.2) is 16.1 Å². The van der Waals surface area contributed by atoms with Crippen LogP contribution in [0.3, 0.4) is 0 Å². The first kappa shape index (κ1) is 13.8. The number of halogens is 3. The molecule has 19 heavy (non-hydrogen) atoms. The molecule has 104 valence electrons. The molecule has 0 aromatic carbocycles. The number of rotatable bonds is 2. The zero-order valence-electron chi connectivity index (χ0n) is 10.2. The van der Waals surface area contributed by atoms with Gasteiger partial charge in [0.15, 0.2) is 0 Å². The quantitative estimate of drug-likeness (QED) is 0.897. The van der Waals surface area contributed by atoms with Crippen LogP contribution in [0.5, 0.6) is 0 Å². The molecule has 0 amide bonds. The van der Waals surface area contributed by atoms with Crippen LogP contribution in [-0.2, 0) is 11.0 Å². The zero-order valence-corrected chi connectivity index (χ0v) is 10.2. The van der Waals surface area contributed by atoms with Gasteiger partial charge in [0.1, 0.15) is 0 Å². The molecule has 1 aromatic heterocycles. The van der Waals surface area contributed by atoms with Gasteiger partial charge in [0.2, 0.25) is 0 Å². The first-order chi connectivity index (χ1) is 8.91. The minimum Gasteiger partial charge on any atom is -0.481 e.